The average Bonchev–Trinajstić information content (AvgIpc) is 3.52. The van der Waals surface area contributed by atoms with Crippen LogP contribution in [0, 0.1) is 0 Å². The molecule has 0 radical (unpaired) electrons. The highest BCUT2D eigenvalue weighted by Crippen LogP contribution is 2.30. The largest absolute Gasteiger partial charge is 0.481 e. The fourth-order valence-electron chi connectivity index (χ4n) is 5.25. The number of unbranched alkanes of at least 4 members (excludes halogenated alkanes) is 1. The summed E-state index contributed by atoms with van der Waals surface area (Å²) in [6.45, 7) is 12.6. The highest BCUT2D eigenvalue weighted by molar-refractivity contribution is 6.07. The maximum atomic E-state index is 10.4. The van der Waals surface area contributed by atoms with Crippen LogP contribution in [0.15, 0.2) is 18.2 Å². The smallest absolute Gasteiger partial charge is 0.305 e. The lowest BCUT2D eigenvalue weighted by Crippen LogP contribution is -2.47. The minimum absolute atomic E-state index is 0.00247. The first kappa shape index (κ1) is 36.7. The molecule has 0 saturated carbocycles. The Morgan fingerprint density at radius 1 is 0.830 bits per heavy atom. The number of nitrogen functional groups attached to an aromatic ring is 1. The van der Waals surface area contributed by atoms with Crippen LogP contribution in [0.1, 0.15) is 32.0 Å². The van der Waals surface area contributed by atoms with Crippen LogP contribution in [0.3, 0.4) is 0 Å². The standard InChI is InChI=1S/C33H52N6O8/c1-2-3-4-29-36-31-27-25-26(5-6-28(27)35-33(34)32(31)37-29)39-10-8-38(9-11-39)12-14-43-16-18-45-20-22-47-24-23-46-21-19-44-17-15-42-13-7-30(40)41/h5-6,25H,2-4,7-24H2,1H3,(H2,34,35)(H,36,37)(H,40,41). The van der Waals surface area contributed by atoms with Crippen molar-refractivity contribution in [2.24, 2.45) is 0 Å². The van der Waals surface area contributed by atoms with Gasteiger partial charge < -0.3 is 49.1 Å². The summed E-state index contributed by atoms with van der Waals surface area (Å²) in [6, 6.07) is 6.42. The Morgan fingerprint density at radius 3 is 1.98 bits per heavy atom. The number of hydrogen-bond donors (Lipinski definition) is 3. The van der Waals surface area contributed by atoms with Gasteiger partial charge in [0.2, 0.25) is 0 Å². The molecule has 2 aromatic heterocycles. The molecule has 14 nitrogen and oxygen atoms in total. The van der Waals surface area contributed by atoms with Crippen LogP contribution in [0.4, 0.5) is 11.5 Å². The minimum Gasteiger partial charge on any atom is -0.481 e. The number of aliphatic carboxylic acids is 1. The fraction of sp³-hybridized carbons (Fsp3) is 0.667. The number of anilines is 2. The first-order valence-corrected chi connectivity index (χ1v) is 16.8. The van der Waals surface area contributed by atoms with Gasteiger partial charge in [-0.25, -0.2) is 9.97 Å². The second-order valence-corrected chi connectivity index (χ2v) is 11.4. The van der Waals surface area contributed by atoms with Crippen molar-refractivity contribution in [3.05, 3.63) is 24.0 Å². The number of piperazine rings is 1. The number of nitrogens with two attached hydrogens (primary N) is 1. The first-order valence-electron chi connectivity index (χ1n) is 16.8. The normalized spacial score (nSPS) is 14.1. The zero-order valence-corrected chi connectivity index (χ0v) is 27.8. The van der Waals surface area contributed by atoms with E-state index in [0.717, 1.165) is 79.7 Å². The first-order chi connectivity index (χ1) is 23.0. The van der Waals surface area contributed by atoms with E-state index in [1.807, 2.05) is 0 Å². The second kappa shape index (κ2) is 21.0. The number of carbonyl (C=O) groups is 1. The monoisotopic (exact) mass is 660 g/mol. The molecular formula is C33H52N6O8. The molecule has 0 aliphatic carbocycles. The van der Waals surface area contributed by atoms with Gasteiger partial charge in [0, 0.05) is 50.2 Å². The van der Waals surface area contributed by atoms with E-state index < -0.39 is 5.97 Å². The summed E-state index contributed by atoms with van der Waals surface area (Å²) >= 11 is 0. The Labute approximate surface area is 276 Å². The Morgan fingerprint density at radius 2 is 1.40 bits per heavy atom. The van der Waals surface area contributed by atoms with Crippen LogP contribution in [0.25, 0.3) is 21.9 Å². The number of aryl methyl sites for hydroxylation is 1. The van der Waals surface area contributed by atoms with Crippen molar-refractivity contribution >= 4 is 39.4 Å². The molecule has 0 bridgehead atoms. The molecule has 0 spiro atoms. The average molecular weight is 661 g/mol. The number of nitrogens with one attached hydrogen (secondary N) is 1. The van der Waals surface area contributed by atoms with Gasteiger partial charge in [-0.1, -0.05) is 13.3 Å². The van der Waals surface area contributed by atoms with Crippen molar-refractivity contribution in [3.63, 3.8) is 0 Å². The molecule has 1 fully saturated rings. The SMILES string of the molecule is CCCCc1nc2c(N)nc3ccc(N4CCN(CCOCCOCCOCCOCCOCCOCCC(=O)O)CC4)cc3c2[nH]1. The van der Waals surface area contributed by atoms with Crippen LogP contribution in [0.2, 0.25) is 0 Å². The fourth-order valence-corrected chi connectivity index (χ4v) is 5.25. The molecule has 0 atom stereocenters. The van der Waals surface area contributed by atoms with Crippen LogP contribution in [-0.2, 0) is 39.6 Å². The number of carboxylic acids is 1. The van der Waals surface area contributed by atoms with E-state index in [2.05, 4.69) is 44.9 Å². The zero-order valence-electron chi connectivity index (χ0n) is 27.8. The third-order valence-corrected chi connectivity index (χ3v) is 7.86. The number of fused-ring (bicyclic) bond motifs is 3. The number of H-pyrrole nitrogens is 1. The van der Waals surface area contributed by atoms with E-state index in [0.29, 0.717) is 78.5 Å². The van der Waals surface area contributed by atoms with Gasteiger partial charge in [-0.15, -0.1) is 0 Å². The Bertz CT molecular complexity index is 1330. The predicted octanol–water partition coefficient (Wildman–Crippen LogP) is 2.73. The third kappa shape index (κ3) is 12.8. The van der Waals surface area contributed by atoms with Gasteiger partial charge in [0.15, 0.2) is 5.82 Å². The quantitative estimate of drug-likeness (QED) is 0.114. The highest BCUT2D eigenvalue weighted by atomic mass is 16.6. The van der Waals surface area contributed by atoms with Crippen molar-refractivity contribution < 1.29 is 38.3 Å². The van der Waals surface area contributed by atoms with E-state index in [9.17, 15) is 4.79 Å². The Hall–Kier alpha value is -3.11. The van der Waals surface area contributed by atoms with Crippen molar-refractivity contribution in [3.8, 4) is 0 Å². The number of ether oxygens (including phenoxy) is 6. The second-order valence-electron chi connectivity index (χ2n) is 11.4. The van der Waals surface area contributed by atoms with Crippen molar-refractivity contribution in [2.45, 2.75) is 32.6 Å². The number of pyridine rings is 1. The van der Waals surface area contributed by atoms with Crippen LogP contribution < -0.4 is 10.6 Å². The highest BCUT2D eigenvalue weighted by Gasteiger charge is 2.19. The maximum absolute atomic E-state index is 10.4. The summed E-state index contributed by atoms with van der Waals surface area (Å²) in [7, 11) is 0. The Balaban J connectivity index is 0.986. The van der Waals surface area contributed by atoms with Gasteiger partial charge in [-0.05, 0) is 24.6 Å². The number of rotatable bonds is 25. The number of imidazole rings is 1. The lowest BCUT2D eigenvalue weighted by Gasteiger charge is -2.36. The molecule has 1 saturated heterocycles. The lowest BCUT2D eigenvalue weighted by atomic mass is 10.1. The zero-order chi connectivity index (χ0) is 33.1. The van der Waals surface area contributed by atoms with Gasteiger partial charge in [-0.2, -0.15) is 0 Å². The van der Waals surface area contributed by atoms with E-state index in [1.54, 1.807) is 0 Å². The molecule has 1 aliphatic heterocycles. The maximum Gasteiger partial charge on any atom is 0.305 e. The predicted molar refractivity (Wildman–Crippen MR) is 180 cm³/mol. The van der Waals surface area contributed by atoms with Crippen LogP contribution in [-0.4, -0.2) is 143 Å². The molecule has 0 unspecified atom stereocenters. The van der Waals surface area contributed by atoms with Gasteiger partial charge in [0.25, 0.3) is 0 Å². The van der Waals surface area contributed by atoms with E-state index in [4.69, 9.17) is 44.2 Å². The third-order valence-electron chi connectivity index (χ3n) is 7.86. The molecule has 4 rings (SSSR count). The van der Waals surface area contributed by atoms with Gasteiger partial charge in [0.1, 0.15) is 11.3 Å². The number of hydrogen-bond acceptors (Lipinski definition) is 12. The summed E-state index contributed by atoms with van der Waals surface area (Å²) in [6.07, 6.45) is 3.12. The summed E-state index contributed by atoms with van der Waals surface area (Å²) in [5.41, 5.74) is 10.1. The van der Waals surface area contributed by atoms with E-state index in [-0.39, 0.29) is 13.0 Å². The van der Waals surface area contributed by atoms with Gasteiger partial charge in [-0.3, -0.25) is 9.69 Å². The molecule has 3 aromatic rings. The molecule has 262 valence electrons. The number of benzene rings is 1. The van der Waals surface area contributed by atoms with Crippen molar-refractivity contribution in [1.29, 1.82) is 0 Å². The minimum atomic E-state index is -0.869. The van der Waals surface area contributed by atoms with Gasteiger partial charge >= 0.3 is 5.97 Å². The summed E-state index contributed by atoms with van der Waals surface area (Å²) in [5, 5.41) is 9.58. The van der Waals surface area contributed by atoms with Crippen LogP contribution >= 0.6 is 0 Å². The lowest BCUT2D eigenvalue weighted by molar-refractivity contribution is -0.138. The molecule has 14 heteroatoms. The summed E-state index contributed by atoms with van der Waals surface area (Å²) < 4.78 is 32.8. The molecule has 3 heterocycles. The number of aromatic nitrogens is 3. The van der Waals surface area contributed by atoms with E-state index in [1.165, 1.54) is 5.69 Å². The molecule has 1 aromatic carbocycles. The molecule has 0 amide bonds. The topological polar surface area (TPSA) is 167 Å². The van der Waals surface area contributed by atoms with E-state index >= 15 is 0 Å². The number of aromatic amines is 1. The number of carboxylic acid groups (broad SMARTS) is 1. The molecule has 4 N–H and O–H groups in total. The molecular weight excluding hydrogens is 608 g/mol. The summed E-state index contributed by atoms with van der Waals surface area (Å²) in [5.74, 6) is 0.580. The number of nitrogens with zero attached hydrogens (tertiary/aromatic N) is 4. The summed E-state index contributed by atoms with van der Waals surface area (Å²) in [4.78, 5) is 28.1. The molecule has 1 aliphatic rings. The Kier molecular flexibility index (Phi) is 16.4. The molecule has 47 heavy (non-hydrogen) atoms. The van der Waals surface area contributed by atoms with Gasteiger partial charge in [0.05, 0.1) is 96.7 Å². The van der Waals surface area contributed by atoms with Crippen molar-refractivity contribution in [2.75, 3.05) is 123 Å². The van der Waals surface area contributed by atoms with Crippen LogP contribution in [0.5, 0.6) is 0 Å². The van der Waals surface area contributed by atoms with Crippen molar-refractivity contribution in [1.82, 2.24) is 19.9 Å².